The van der Waals surface area contributed by atoms with E-state index in [0.717, 1.165) is 0 Å². The Morgan fingerprint density at radius 1 is 0.833 bits per heavy atom. The fraction of sp³-hybridized carbons (Fsp3) is 0. The summed E-state index contributed by atoms with van der Waals surface area (Å²) in [6, 6.07) is 0. The molecular weight excluding hydrogens is 365 g/mol. The first-order chi connectivity index (χ1) is 2.00. The SMILES string of the molecule is O.[Cl][Pb]([Cl])([Cl])[Cl]. The van der Waals surface area contributed by atoms with E-state index in [1.807, 2.05) is 0 Å². The van der Waals surface area contributed by atoms with E-state index >= 15 is 0 Å². The number of hydrogen-bond donors (Lipinski definition) is 0. The molecule has 0 radical (unpaired) electrons. The average molecular weight is 367 g/mol. The van der Waals surface area contributed by atoms with Crippen LogP contribution in [0, 0.1) is 0 Å². The Balaban J connectivity index is 0. The van der Waals surface area contributed by atoms with Crippen LogP contribution in [0.3, 0.4) is 0 Å². The summed E-state index contributed by atoms with van der Waals surface area (Å²) in [5.41, 5.74) is 0. The van der Waals surface area contributed by atoms with Crippen LogP contribution in [0.4, 0.5) is 0 Å². The second kappa shape index (κ2) is 3.97. The Labute approximate surface area is 54.4 Å². The summed E-state index contributed by atoms with van der Waals surface area (Å²) in [7, 11) is 20.2. The van der Waals surface area contributed by atoms with Gasteiger partial charge in [0.25, 0.3) is 0 Å². The van der Waals surface area contributed by atoms with Gasteiger partial charge in [0, 0.05) is 0 Å². The van der Waals surface area contributed by atoms with Crippen molar-refractivity contribution in [2.75, 3.05) is 0 Å². The molecular formula is H2Cl4OPb. The van der Waals surface area contributed by atoms with Crippen LogP contribution in [0.1, 0.15) is 0 Å². The fourth-order valence-corrected chi connectivity index (χ4v) is 0. The van der Waals surface area contributed by atoms with Crippen molar-refractivity contribution in [1.82, 2.24) is 0 Å². The van der Waals surface area contributed by atoms with Gasteiger partial charge >= 0.3 is 49.5 Å². The molecule has 0 fully saturated rings. The van der Waals surface area contributed by atoms with Gasteiger partial charge in [0.05, 0.1) is 0 Å². The molecule has 0 aliphatic heterocycles. The van der Waals surface area contributed by atoms with Crippen molar-refractivity contribution in [3.63, 3.8) is 0 Å². The maximum atomic E-state index is 5.05. The van der Waals surface area contributed by atoms with Gasteiger partial charge in [0.15, 0.2) is 0 Å². The van der Waals surface area contributed by atoms with Crippen LogP contribution in [-0.4, -0.2) is 21.8 Å². The first kappa shape index (κ1) is 10.9. The van der Waals surface area contributed by atoms with Gasteiger partial charge in [-0.05, 0) is 0 Å². The summed E-state index contributed by atoms with van der Waals surface area (Å²) in [6.07, 6.45) is 0. The molecule has 40 valence electrons. The molecule has 6 heteroatoms. The Kier molecular flexibility index (Phi) is 7.24. The van der Waals surface area contributed by atoms with Gasteiger partial charge in [-0.25, -0.2) is 0 Å². The Bertz CT molecular complexity index is 23.0. The van der Waals surface area contributed by atoms with Crippen molar-refractivity contribution in [1.29, 1.82) is 0 Å². The topological polar surface area (TPSA) is 31.5 Å². The molecule has 0 saturated carbocycles. The third-order valence-corrected chi connectivity index (χ3v) is 0. The molecule has 1 nitrogen and oxygen atoms in total. The molecule has 0 aliphatic carbocycles. The minimum absolute atomic E-state index is 0. The van der Waals surface area contributed by atoms with Crippen molar-refractivity contribution in [3.05, 3.63) is 0 Å². The molecule has 0 aromatic carbocycles. The normalized spacial score (nSPS) is 10.0. The molecule has 0 unspecified atom stereocenters. The first-order valence-electron chi connectivity index (χ1n) is 0.756. The minimum atomic E-state index is -3.39. The van der Waals surface area contributed by atoms with E-state index in [9.17, 15) is 0 Å². The zero-order valence-electron chi connectivity index (χ0n) is 2.51. The molecule has 0 aromatic heterocycles. The van der Waals surface area contributed by atoms with E-state index < -0.39 is 16.3 Å². The van der Waals surface area contributed by atoms with Crippen molar-refractivity contribution < 1.29 is 5.48 Å². The van der Waals surface area contributed by atoms with Crippen LogP contribution in [0.15, 0.2) is 0 Å². The summed E-state index contributed by atoms with van der Waals surface area (Å²) in [5.74, 6) is 0. The summed E-state index contributed by atoms with van der Waals surface area (Å²) in [4.78, 5) is 0. The Morgan fingerprint density at radius 3 is 0.833 bits per heavy atom. The van der Waals surface area contributed by atoms with Gasteiger partial charge in [-0.3, -0.25) is 0 Å². The summed E-state index contributed by atoms with van der Waals surface area (Å²) in [6.45, 7) is 0. The summed E-state index contributed by atoms with van der Waals surface area (Å²) in [5, 5.41) is 0. The molecule has 0 bridgehead atoms. The van der Waals surface area contributed by atoms with E-state index in [-0.39, 0.29) is 5.48 Å². The number of hydrogen-bond acceptors (Lipinski definition) is 0. The van der Waals surface area contributed by atoms with Gasteiger partial charge in [-0.1, -0.05) is 0 Å². The molecule has 0 aliphatic rings. The monoisotopic (exact) mass is 366 g/mol. The zero-order chi connectivity index (χ0) is 4.50. The Hall–Kier alpha value is 2.04. The second-order valence-electron chi connectivity index (χ2n) is 0.429. The predicted octanol–water partition coefficient (Wildman–Crippen LogP) is 1.55. The van der Waals surface area contributed by atoms with Crippen LogP contribution < -0.4 is 0 Å². The molecule has 2 N–H and O–H groups in total. The van der Waals surface area contributed by atoms with Gasteiger partial charge in [-0.2, -0.15) is 0 Å². The van der Waals surface area contributed by atoms with Crippen molar-refractivity contribution in [3.8, 4) is 0 Å². The molecule has 6 heavy (non-hydrogen) atoms. The molecule has 0 rings (SSSR count). The zero-order valence-corrected chi connectivity index (χ0v) is 9.42. The molecule has 0 saturated heterocycles. The standard InChI is InChI=1S/4ClH.H2O.Pb/h4*1H;1H2;/q;;;;;+4/p-4. The van der Waals surface area contributed by atoms with Crippen molar-refractivity contribution >= 4 is 49.5 Å². The average Bonchev–Trinajstić information content (AvgIpc) is 0.722. The van der Waals surface area contributed by atoms with Gasteiger partial charge in [0.1, 0.15) is 0 Å². The van der Waals surface area contributed by atoms with E-state index in [1.165, 1.54) is 0 Å². The molecule has 0 amide bonds. The van der Waals surface area contributed by atoms with E-state index in [0.29, 0.717) is 0 Å². The van der Waals surface area contributed by atoms with Gasteiger partial charge in [-0.15, -0.1) is 0 Å². The Morgan fingerprint density at radius 2 is 0.833 bits per heavy atom. The third kappa shape index (κ3) is 36.8. The van der Waals surface area contributed by atoms with Crippen LogP contribution >= 0.6 is 33.3 Å². The number of rotatable bonds is 0. The van der Waals surface area contributed by atoms with Crippen molar-refractivity contribution in [2.45, 2.75) is 0 Å². The van der Waals surface area contributed by atoms with Crippen LogP contribution in [0.2, 0.25) is 0 Å². The second-order valence-corrected chi connectivity index (χ2v) is 33.8. The summed E-state index contributed by atoms with van der Waals surface area (Å²) < 4.78 is 0. The first-order valence-corrected chi connectivity index (χ1v) is 19.9. The van der Waals surface area contributed by atoms with Gasteiger partial charge in [0.2, 0.25) is 0 Å². The molecule has 0 heterocycles. The summed E-state index contributed by atoms with van der Waals surface area (Å²) >= 11 is -3.39. The van der Waals surface area contributed by atoms with Crippen LogP contribution in [-0.2, 0) is 0 Å². The predicted molar refractivity (Wildman–Crippen MR) is 32.8 cm³/mol. The van der Waals surface area contributed by atoms with E-state index in [2.05, 4.69) is 0 Å². The van der Waals surface area contributed by atoms with Crippen LogP contribution in [0.5, 0.6) is 0 Å². The molecule has 0 atom stereocenters. The van der Waals surface area contributed by atoms with Gasteiger partial charge < -0.3 is 5.48 Å². The maximum absolute atomic E-state index is 5.05. The molecule has 0 spiro atoms. The third-order valence-electron chi connectivity index (χ3n) is 0. The number of halogens is 4. The molecule has 0 aromatic rings. The van der Waals surface area contributed by atoms with E-state index in [1.54, 1.807) is 0 Å². The quantitative estimate of drug-likeness (QED) is 0.583. The van der Waals surface area contributed by atoms with Crippen molar-refractivity contribution in [2.24, 2.45) is 0 Å². The van der Waals surface area contributed by atoms with Crippen LogP contribution in [0.25, 0.3) is 0 Å². The van der Waals surface area contributed by atoms with E-state index in [4.69, 9.17) is 33.3 Å². The fourth-order valence-electron chi connectivity index (χ4n) is 0.